The lowest BCUT2D eigenvalue weighted by Crippen LogP contribution is -2.30. The van der Waals surface area contributed by atoms with E-state index in [4.69, 9.17) is 20.8 Å². The van der Waals surface area contributed by atoms with Gasteiger partial charge < -0.3 is 14.5 Å². The van der Waals surface area contributed by atoms with E-state index in [1.54, 1.807) is 24.5 Å². The average molecular weight is 371 g/mol. The minimum atomic E-state index is -0.205. The van der Waals surface area contributed by atoms with Crippen molar-refractivity contribution in [3.63, 3.8) is 0 Å². The van der Waals surface area contributed by atoms with Crippen LogP contribution in [0.15, 0.2) is 71.3 Å². The number of nitrogens with one attached hydrogen (secondary N) is 2. The fourth-order valence-electron chi connectivity index (χ4n) is 2.38. The molecule has 0 aliphatic carbocycles. The molecule has 0 spiro atoms. The first kappa shape index (κ1) is 18.0. The first-order chi connectivity index (χ1) is 12.6. The molecule has 3 aromatic rings. The second-order valence-corrected chi connectivity index (χ2v) is 6.16. The molecule has 0 unspecified atom stereocenters. The van der Waals surface area contributed by atoms with Crippen molar-refractivity contribution < 1.29 is 13.9 Å². The number of carbonyl (C=O) groups is 1. The average Bonchev–Trinajstić information content (AvgIpc) is 3.18. The first-order valence-electron chi connectivity index (χ1n) is 8.21. The van der Waals surface area contributed by atoms with Gasteiger partial charge in [-0.1, -0.05) is 29.8 Å². The number of halogens is 1. The molecule has 1 atom stereocenters. The molecule has 1 aromatic heterocycles. The predicted octanol–water partition coefficient (Wildman–Crippen LogP) is 5.01. The number of benzene rings is 2. The van der Waals surface area contributed by atoms with Crippen LogP contribution in [0.2, 0.25) is 5.02 Å². The molecule has 134 valence electrons. The molecule has 26 heavy (non-hydrogen) atoms. The summed E-state index contributed by atoms with van der Waals surface area (Å²) in [5, 5.41) is 6.45. The van der Waals surface area contributed by atoms with Crippen LogP contribution >= 0.6 is 11.6 Å². The van der Waals surface area contributed by atoms with Crippen LogP contribution in [0.4, 0.5) is 5.69 Å². The van der Waals surface area contributed by atoms with Gasteiger partial charge in [-0.2, -0.15) is 0 Å². The number of rotatable bonds is 7. The molecule has 6 heteroatoms. The first-order valence-corrected chi connectivity index (χ1v) is 8.59. The normalized spacial score (nSPS) is 11.8. The van der Waals surface area contributed by atoms with Crippen molar-refractivity contribution in [1.29, 1.82) is 0 Å². The van der Waals surface area contributed by atoms with Crippen molar-refractivity contribution in [2.24, 2.45) is 0 Å². The van der Waals surface area contributed by atoms with Crippen LogP contribution in [0, 0.1) is 0 Å². The van der Waals surface area contributed by atoms with Gasteiger partial charge >= 0.3 is 0 Å². The number of hydrogen-bond donors (Lipinski definition) is 2. The number of amides is 1. The summed E-state index contributed by atoms with van der Waals surface area (Å²) in [6.07, 6.45) is 1.60. The number of ether oxygens (including phenoxy) is 1. The molecule has 1 amide bonds. The molecule has 0 fully saturated rings. The van der Waals surface area contributed by atoms with Crippen LogP contribution in [0.1, 0.15) is 18.7 Å². The van der Waals surface area contributed by atoms with Gasteiger partial charge in [-0.15, -0.1) is 0 Å². The summed E-state index contributed by atoms with van der Waals surface area (Å²) in [6.45, 7) is 2.05. The van der Waals surface area contributed by atoms with Gasteiger partial charge in [0.05, 0.1) is 24.5 Å². The maximum Gasteiger partial charge on any atom is 0.238 e. The maximum atomic E-state index is 12.3. The highest BCUT2D eigenvalue weighted by Crippen LogP contribution is 2.31. The number of para-hydroxylation sites is 1. The van der Waals surface area contributed by atoms with Crippen LogP contribution in [-0.2, 0) is 4.79 Å². The Balaban J connectivity index is 1.64. The summed E-state index contributed by atoms with van der Waals surface area (Å²) >= 11 is 6.06. The monoisotopic (exact) mass is 370 g/mol. The van der Waals surface area contributed by atoms with E-state index in [1.165, 1.54) is 0 Å². The second kappa shape index (κ2) is 8.56. The summed E-state index contributed by atoms with van der Waals surface area (Å²) in [7, 11) is 0. The minimum absolute atomic E-state index is 0.0739. The maximum absolute atomic E-state index is 12.3. The number of carbonyl (C=O) groups excluding carboxylic acids is 1. The minimum Gasteiger partial charge on any atom is -0.468 e. The van der Waals surface area contributed by atoms with E-state index in [1.807, 2.05) is 49.4 Å². The fourth-order valence-corrected chi connectivity index (χ4v) is 2.55. The van der Waals surface area contributed by atoms with E-state index >= 15 is 0 Å². The summed E-state index contributed by atoms with van der Waals surface area (Å²) in [6, 6.07) is 18.0. The third-order valence-corrected chi connectivity index (χ3v) is 3.96. The summed E-state index contributed by atoms with van der Waals surface area (Å²) in [5.41, 5.74) is 0.513. The molecule has 0 bridgehead atoms. The molecule has 1 heterocycles. The van der Waals surface area contributed by atoms with E-state index in [9.17, 15) is 4.79 Å². The van der Waals surface area contributed by atoms with Gasteiger partial charge in [-0.3, -0.25) is 10.1 Å². The molecule has 5 nitrogen and oxygen atoms in total. The SMILES string of the molecule is C[C@@H](NCC(=O)Nc1cc(Cl)ccc1Oc1ccccc1)c1ccco1. The van der Waals surface area contributed by atoms with Crippen LogP contribution < -0.4 is 15.4 Å². The van der Waals surface area contributed by atoms with Gasteiger partial charge in [-0.25, -0.2) is 0 Å². The van der Waals surface area contributed by atoms with Gasteiger partial charge in [-0.05, 0) is 49.4 Å². The van der Waals surface area contributed by atoms with Gasteiger partial charge in [0.2, 0.25) is 5.91 Å². The largest absolute Gasteiger partial charge is 0.468 e. The molecule has 0 aliphatic heterocycles. The van der Waals surface area contributed by atoms with Crippen molar-refractivity contribution in [2.75, 3.05) is 11.9 Å². The lowest BCUT2D eigenvalue weighted by molar-refractivity contribution is -0.115. The lowest BCUT2D eigenvalue weighted by Gasteiger charge is -2.14. The summed E-state index contributed by atoms with van der Waals surface area (Å²) < 4.78 is 11.2. The van der Waals surface area contributed by atoms with Crippen LogP contribution in [0.3, 0.4) is 0 Å². The zero-order valence-electron chi connectivity index (χ0n) is 14.2. The van der Waals surface area contributed by atoms with Crippen molar-refractivity contribution in [3.05, 3.63) is 77.7 Å². The molecule has 0 aliphatic rings. The fraction of sp³-hybridized carbons (Fsp3) is 0.150. The Hall–Kier alpha value is -2.76. The van der Waals surface area contributed by atoms with E-state index in [-0.39, 0.29) is 18.5 Å². The molecular weight excluding hydrogens is 352 g/mol. The molecule has 0 saturated carbocycles. The van der Waals surface area contributed by atoms with E-state index in [0.717, 1.165) is 5.76 Å². The molecule has 2 N–H and O–H groups in total. The molecular formula is C20H19ClN2O3. The lowest BCUT2D eigenvalue weighted by atomic mass is 10.2. The van der Waals surface area contributed by atoms with E-state index in [0.29, 0.717) is 22.2 Å². The predicted molar refractivity (Wildman–Crippen MR) is 102 cm³/mol. The molecule has 3 rings (SSSR count). The Morgan fingerprint density at radius 2 is 1.96 bits per heavy atom. The van der Waals surface area contributed by atoms with Gasteiger partial charge in [0.15, 0.2) is 5.75 Å². The van der Waals surface area contributed by atoms with Gasteiger partial charge in [0.1, 0.15) is 11.5 Å². The third-order valence-electron chi connectivity index (χ3n) is 3.73. The summed E-state index contributed by atoms with van der Waals surface area (Å²) in [4.78, 5) is 12.3. The topological polar surface area (TPSA) is 63.5 Å². The third kappa shape index (κ3) is 4.88. The highest BCUT2D eigenvalue weighted by molar-refractivity contribution is 6.31. The molecule has 2 aromatic carbocycles. The Labute approximate surface area is 156 Å². The smallest absolute Gasteiger partial charge is 0.238 e. The zero-order chi connectivity index (χ0) is 18.4. The standard InChI is InChI=1S/C20H19ClN2O3/c1-14(18-8-5-11-25-18)22-13-20(24)23-17-12-15(21)9-10-19(17)26-16-6-3-2-4-7-16/h2-12,14,22H,13H2,1H3,(H,23,24)/t14-/m1/s1. The zero-order valence-corrected chi connectivity index (χ0v) is 15.0. The quantitative estimate of drug-likeness (QED) is 0.613. The van der Waals surface area contributed by atoms with Gasteiger partial charge in [0.25, 0.3) is 0 Å². The van der Waals surface area contributed by atoms with Crippen molar-refractivity contribution in [1.82, 2.24) is 5.32 Å². The van der Waals surface area contributed by atoms with Crippen molar-refractivity contribution >= 4 is 23.2 Å². The van der Waals surface area contributed by atoms with Crippen molar-refractivity contribution in [3.8, 4) is 11.5 Å². The van der Waals surface area contributed by atoms with E-state index in [2.05, 4.69) is 10.6 Å². The summed E-state index contributed by atoms with van der Waals surface area (Å²) in [5.74, 6) is 1.76. The van der Waals surface area contributed by atoms with Crippen molar-refractivity contribution in [2.45, 2.75) is 13.0 Å². The second-order valence-electron chi connectivity index (χ2n) is 5.72. The molecule has 0 radical (unpaired) electrons. The Morgan fingerprint density at radius 1 is 1.15 bits per heavy atom. The Morgan fingerprint density at radius 3 is 2.69 bits per heavy atom. The van der Waals surface area contributed by atoms with Gasteiger partial charge in [0, 0.05) is 5.02 Å². The Bertz CT molecular complexity index is 851. The van der Waals surface area contributed by atoms with Crippen LogP contribution in [0.25, 0.3) is 0 Å². The molecule has 0 saturated heterocycles. The Kier molecular flexibility index (Phi) is 5.94. The highest BCUT2D eigenvalue weighted by atomic mass is 35.5. The number of anilines is 1. The number of hydrogen-bond acceptors (Lipinski definition) is 4. The van der Waals surface area contributed by atoms with Crippen LogP contribution in [-0.4, -0.2) is 12.5 Å². The van der Waals surface area contributed by atoms with E-state index < -0.39 is 0 Å². The highest BCUT2D eigenvalue weighted by Gasteiger charge is 2.13. The van der Waals surface area contributed by atoms with Crippen LogP contribution in [0.5, 0.6) is 11.5 Å². The number of furan rings is 1.